The Bertz CT molecular complexity index is 353. The molecule has 0 heterocycles. The Kier molecular flexibility index (Phi) is 2.90. The molecule has 0 aliphatic rings. The van der Waals surface area contributed by atoms with Gasteiger partial charge in [-0.2, -0.15) is 0 Å². The van der Waals surface area contributed by atoms with Gasteiger partial charge in [-0.25, -0.2) is 4.79 Å². The number of hydrogen-bond acceptors (Lipinski definition) is 2. The lowest BCUT2D eigenvalue weighted by atomic mass is 10.1. The zero-order valence-electron chi connectivity index (χ0n) is 6.25. The quantitative estimate of drug-likeness (QED) is 0.613. The van der Waals surface area contributed by atoms with Crippen molar-refractivity contribution in [1.82, 2.24) is 0 Å². The number of ketones is 1. The number of Topliss-reactive ketones (excluding diaryl/α,β-unsaturated/α-hetero) is 1. The lowest BCUT2D eigenvalue weighted by Gasteiger charge is -1.97. The zero-order valence-corrected chi connectivity index (χ0v) is 7.76. The average molecular weight is 219 g/mol. The molecule has 0 bridgehead atoms. The van der Waals surface area contributed by atoms with E-state index in [1.54, 1.807) is 0 Å². The van der Waals surface area contributed by atoms with Gasteiger partial charge in [0.25, 0.3) is 5.78 Å². The summed E-state index contributed by atoms with van der Waals surface area (Å²) in [6, 6.07) is 3.93. The van der Waals surface area contributed by atoms with Crippen LogP contribution < -0.4 is 0 Å². The van der Waals surface area contributed by atoms with Crippen molar-refractivity contribution in [3.63, 3.8) is 0 Å². The molecule has 0 aliphatic carbocycles. The number of carbonyl (C=O) groups excluding carboxylic acids is 1. The van der Waals surface area contributed by atoms with Gasteiger partial charge in [0.05, 0.1) is 0 Å². The molecule has 0 atom stereocenters. The number of carboxylic acids is 1. The Hall–Kier alpha value is -1.06. The maximum Gasteiger partial charge on any atom is 0.377 e. The van der Waals surface area contributed by atoms with Crippen molar-refractivity contribution in [2.75, 3.05) is 0 Å². The summed E-state index contributed by atoms with van der Waals surface area (Å²) in [5, 5.41) is 8.85. The van der Waals surface area contributed by atoms with Crippen molar-refractivity contribution in [2.24, 2.45) is 0 Å². The SMILES string of the molecule is O=C(O)C(=O)c1cc(Cl)cc(Cl)c1. The first-order chi connectivity index (χ1) is 6.00. The number of carbonyl (C=O) groups is 2. The summed E-state index contributed by atoms with van der Waals surface area (Å²) in [6.45, 7) is 0. The van der Waals surface area contributed by atoms with E-state index < -0.39 is 11.8 Å². The largest absolute Gasteiger partial charge is 0.475 e. The number of aliphatic carboxylic acids is 1. The van der Waals surface area contributed by atoms with Crippen LogP contribution >= 0.6 is 23.2 Å². The topological polar surface area (TPSA) is 54.4 Å². The van der Waals surface area contributed by atoms with E-state index in [2.05, 4.69) is 0 Å². The standard InChI is InChI=1S/C8H4Cl2O3/c9-5-1-4(2-6(10)3-5)7(11)8(12)13/h1-3H,(H,12,13). The van der Waals surface area contributed by atoms with Gasteiger partial charge in [0.15, 0.2) is 0 Å². The van der Waals surface area contributed by atoms with Crippen LogP contribution in [0.15, 0.2) is 18.2 Å². The second kappa shape index (κ2) is 3.77. The van der Waals surface area contributed by atoms with E-state index in [4.69, 9.17) is 28.3 Å². The van der Waals surface area contributed by atoms with Crippen LogP contribution in [0.25, 0.3) is 0 Å². The van der Waals surface area contributed by atoms with Crippen LogP contribution in [0.3, 0.4) is 0 Å². The highest BCUT2D eigenvalue weighted by Gasteiger charge is 2.15. The van der Waals surface area contributed by atoms with E-state index in [9.17, 15) is 9.59 Å². The zero-order chi connectivity index (χ0) is 10.0. The molecule has 1 rings (SSSR count). The van der Waals surface area contributed by atoms with E-state index in [0.717, 1.165) is 0 Å². The Morgan fingerprint density at radius 1 is 1.08 bits per heavy atom. The normalized spacial score (nSPS) is 9.69. The number of carboxylic acid groups (broad SMARTS) is 1. The number of hydrogen-bond donors (Lipinski definition) is 1. The lowest BCUT2D eigenvalue weighted by Crippen LogP contribution is -2.12. The number of benzene rings is 1. The van der Waals surface area contributed by atoms with Gasteiger partial charge in [-0.15, -0.1) is 0 Å². The highest BCUT2D eigenvalue weighted by molar-refractivity contribution is 6.42. The Morgan fingerprint density at radius 3 is 1.92 bits per heavy atom. The monoisotopic (exact) mass is 218 g/mol. The van der Waals surface area contributed by atoms with E-state index in [0.29, 0.717) is 0 Å². The molecule has 0 saturated heterocycles. The minimum absolute atomic E-state index is 0.0231. The molecular weight excluding hydrogens is 215 g/mol. The van der Waals surface area contributed by atoms with E-state index in [1.165, 1.54) is 18.2 Å². The second-order valence-corrected chi connectivity index (χ2v) is 3.17. The first-order valence-corrected chi connectivity index (χ1v) is 4.00. The Balaban J connectivity index is 3.15. The smallest absolute Gasteiger partial charge is 0.377 e. The summed E-state index contributed by atoms with van der Waals surface area (Å²) in [5.41, 5.74) is -0.0231. The molecule has 1 aromatic rings. The fourth-order valence-corrected chi connectivity index (χ4v) is 1.33. The van der Waals surface area contributed by atoms with E-state index >= 15 is 0 Å². The molecule has 1 N–H and O–H groups in total. The van der Waals surface area contributed by atoms with Crippen LogP contribution in [0.5, 0.6) is 0 Å². The predicted octanol–water partition coefficient (Wildman–Crippen LogP) is 2.26. The van der Waals surface area contributed by atoms with Crippen molar-refractivity contribution in [3.8, 4) is 0 Å². The number of rotatable bonds is 2. The molecule has 1 aromatic carbocycles. The molecule has 0 spiro atoms. The average Bonchev–Trinajstić information content (AvgIpc) is 2.01. The van der Waals surface area contributed by atoms with Crippen LogP contribution in [0.2, 0.25) is 10.0 Å². The minimum Gasteiger partial charge on any atom is -0.475 e. The van der Waals surface area contributed by atoms with Crippen molar-refractivity contribution in [1.29, 1.82) is 0 Å². The predicted molar refractivity (Wildman–Crippen MR) is 48.4 cm³/mol. The molecule has 13 heavy (non-hydrogen) atoms. The third kappa shape index (κ3) is 2.44. The highest BCUT2D eigenvalue weighted by Crippen LogP contribution is 2.19. The van der Waals surface area contributed by atoms with Crippen LogP contribution in [-0.4, -0.2) is 16.9 Å². The molecular formula is C8H4Cl2O3. The van der Waals surface area contributed by atoms with Gasteiger partial charge in [-0.1, -0.05) is 23.2 Å². The fourth-order valence-electron chi connectivity index (χ4n) is 0.808. The second-order valence-electron chi connectivity index (χ2n) is 2.29. The molecule has 0 aliphatic heterocycles. The van der Waals surface area contributed by atoms with Gasteiger partial charge >= 0.3 is 5.97 Å². The number of halogens is 2. The maximum atomic E-state index is 10.9. The summed E-state index contributed by atoms with van der Waals surface area (Å²) in [4.78, 5) is 21.2. The van der Waals surface area contributed by atoms with E-state index in [1.807, 2.05) is 0 Å². The molecule has 3 nitrogen and oxygen atoms in total. The van der Waals surface area contributed by atoms with Crippen LogP contribution in [0.1, 0.15) is 10.4 Å². The molecule has 5 heteroatoms. The molecule has 0 radical (unpaired) electrons. The molecule has 0 amide bonds. The van der Waals surface area contributed by atoms with Crippen molar-refractivity contribution in [2.45, 2.75) is 0 Å². The van der Waals surface area contributed by atoms with Gasteiger partial charge in [0.2, 0.25) is 0 Å². The molecule has 68 valence electrons. The summed E-state index contributed by atoms with van der Waals surface area (Å²) >= 11 is 11.1. The lowest BCUT2D eigenvalue weighted by molar-refractivity contribution is -0.131. The van der Waals surface area contributed by atoms with Gasteiger partial charge in [-0.3, -0.25) is 4.79 Å². The van der Waals surface area contributed by atoms with Crippen molar-refractivity contribution >= 4 is 35.0 Å². The van der Waals surface area contributed by atoms with Gasteiger partial charge in [0.1, 0.15) is 0 Å². The van der Waals surface area contributed by atoms with Crippen LogP contribution in [0.4, 0.5) is 0 Å². The third-order valence-corrected chi connectivity index (χ3v) is 1.76. The Morgan fingerprint density at radius 2 is 1.54 bits per heavy atom. The van der Waals surface area contributed by atoms with E-state index in [-0.39, 0.29) is 15.6 Å². The molecule has 0 unspecified atom stereocenters. The fraction of sp³-hybridized carbons (Fsp3) is 0. The first-order valence-electron chi connectivity index (χ1n) is 3.24. The summed E-state index contributed by atoms with van der Waals surface area (Å²) in [6.07, 6.45) is 0. The molecule has 0 saturated carbocycles. The first kappa shape index (κ1) is 10.0. The van der Waals surface area contributed by atoms with Crippen LogP contribution in [0, 0.1) is 0 Å². The maximum absolute atomic E-state index is 10.9. The summed E-state index contributed by atoms with van der Waals surface area (Å²) in [7, 11) is 0. The molecule has 0 aromatic heterocycles. The minimum atomic E-state index is -1.53. The molecule has 0 fully saturated rings. The van der Waals surface area contributed by atoms with Crippen molar-refractivity contribution < 1.29 is 14.7 Å². The van der Waals surface area contributed by atoms with Crippen molar-refractivity contribution in [3.05, 3.63) is 33.8 Å². The van der Waals surface area contributed by atoms with Gasteiger partial charge < -0.3 is 5.11 Å². The summed E-state index contributed by atoms with van der Waals surface area (Å²) in [5.74, 6) is -2.55. The van der Waals surface area contributed by atoms with Gasteiger partial charge in [0, 0.05) is 15.6 Å². The van der Waals surface area contributed by atoms with Crippen LogP contribution in [-0.2, 0) is 4.79 Å². The van der Waals surface area contributed by atoms with Gasteiger partial charge in [-0.05, 0) is 18.2 Å². The Labute approximate surface area is 83.9 Å². The summed E-state index contributed by atoms with van der Waals surface area (Å²) < 4.78 is 0. The third-order valence-electron chi connectivity index (χ3n) is 1.32. The highest BCUT2D eigenvalue weighted by atomic mass is 35.5.